The fourth-order valence-corrected chi connectivity index (χ4v) is 5.60. The minimum atomic E-state index is -0.520. The summed E-state index contributed by atoms with van der Waals surface area (Å²) < 4.78 is 6.28. The van der Waals surface area contributed by atoms with Crippen LogP contribution in [0, 0.1) is 0 Å². The predicted molar refractivity (Wildman–Crippen MR) is 171 cm³/mol. The van der Waals surface area contributed by atoms with E-state index in [1.54, 1.807) is 30.5 Å². The third kappa shape index (κ3) is 7.27. The zero-order chi connectivity index (χ0) is 31.2. The molecule has 228 valence electrons. The van der Waals surface area contributed by atoms with Crippen molar-refractivity contribution in [3.63, 3.8) is 0 Å². The smallest absolute Gasteiger partial charge is 0.411 e. The highest BCUT2D eigenvalue weighted by molar-refractivity contribution is 6.30. The van der Waals surface area contributed by atoms with Gasteiger partial charge in [-0.1, -0.05) is 41.9 Å². The Labute approximate surface area is 264 Å². The van der Waals surface area contributed by atoms with Gasteiger partial charge in [-0.25, -0.2) is 9.78 Å². The molecular weight excluding hydrogens is 592 g/mol. The fraction of sp³-hybridized carbons (Fsp3) is 0.212. The van der Waals surface area contributed by atoms with Crippen LogP contribution in [0.25, 0.3) is 23.0 Å². The molecule has 12 heteroatoms. The zero-order valence-corrected chi connectivity index (χ0v) is 25.3. The Morgan fingerprint density at radius 2 is 1.87 bits per heavy atom. The first-order valence-electron chi connectivity index (χ1n) is 14.6. The summed E-state index contributed by atoms with van der Waals surface area (Å²) in [5.41, 5.74) is 7.25. The molecule has 2 aromatic heterocycles. The molecular formula is C33H31ClN8O3. The van der Waals surface area contributed by atoms with Gasteiger partial charge in [-0.3, -0.25) is 10.1 Å². The van der Waals surface area contributed by atoms with Crippen molar-refractivity contribution in [2.24, 2.45) is 0 Å². The lowest BCUT2D eigenvalue weighted by Gasteiger charge is -2.16. The van der Waals surface area contributed by atoms with E-state index in [0.717, 1.165) is 48.1 Å². The first-order valence-corrected chi connectivity index (χ1v) is 15.0. The number of nitrogens with one attached hydrogen (secondary N) is 3. The minimum Gasteiger partial charge on any atom is -0.453 e. The molecule has 1 atom stereocenters. The number of tetrazole rings is 1. The molecule has 0 radical (unpaired) electrons. The van der Waals surface area contributed by atoms with Crippen molar-refractivity contribution >= 4 is 35.4 Å². The summed E-state index contributed by atoms with van der Waals surface area (Å²) in [6.45, 7) is 0. The number of aromatic amines is 1. The van der Waals surface area contributed by atoms with Crippen molar-refractivity contribution < 1.29 is 14.3 Å². The van der Waals surface area contributed by atoms with Crippen molar-refractivity contribution in [3.8, 4) is 16.9 Å². The lowest BCUT2D eigenvalue weighted by Crippen LogP contribution is -2.29. The summed E-state index contributed by atoms with van der Waals surface area (Å²) in [6, 6.07) is 19.1. The highest BCUT2D eigenvalue weighted by Crippen LogP contribution is 2.29. The molecule has 0 saturated heterocycles. The van der Waals surface area contributed by atoms with E-state index in [2.05, 4.69) is 55.4 Å². The Morgan fingerprint density at radius 3 is 2.67 bits per heavy atom. The molecule has 0 fully saturated rings. The van der Waals surface area contributed by atoms with Crippen LogP contribution >= 0.6 is 11.6 Å². The summed E-state index contributed by atoms with van der Waals surface area (Å²) in [7, 11) is 1.34. The van der Waals surface area contributed by atoms with Crippen molar-refractivity contribution in [2.75, 3.05) is 12.4 Å². The summed E-state index contributed by atoms with van der Waals surface area (Å²) in [5, 5.41) is 17.8. The third-order valence-electron chi connectivity index (χ3n) is 7.69. The molecule has 2 amide bonds. The topological polar surface area (TPSA) is 140 Å². The van der Waals surface area contributed by atoms with Crippen molar-refractivity contribution in [1.82, 2.24) is 35.5 Å². The summed E-state index contributed by atoms with van der Waals surface area (Å²) >= 11 is 6.25. The largest absolute Gasteiger partial charge is 0.453 e. The Kier molecular flexibility index (Phi) is 8.97. The fourth-order valence-electron chi connectivity index (χ4n) is 5.42. The normalized spacial score (nSPS) is 14.8. The second kappa shape index (κ2) is 13.6. The minimum absolute atomic E-state index is 0.297. The molecule has 0 saturated carbocycles. The number of amides is 2. The number of fused-ring (bicyclic) bond motifs is 6. The number of methoxy groups -OCH3 is 1. The number of aromatic nitrogens is 6. The Hall–Kier alpha value is -5.29. The molecule has 3 aromatic carbocycles. The number of hydrogen-bond donors (Lipinski definition) is 3. The first-order chi connectivity index (χ1) is 21.9. The molecule has 0 spiro atoms. The van der Waals surface area contributed by atoms with E-state index in [1.165, 1.54) is 29.8 Å². The first kappa shape index (κ1) is 29.8. The van der Waals surface area contributed by atoms with Gasteiger partial charge < -0.3 is 15.0 Å². The van der Waals surface area contributed by atoms with E-state index in [4.69, 9.17) is 21.3 Å². The van der Waals surface area contributed by atoms with Gasteiger partial charge in [0, 0.05) is 27.9 Å². The summed E-state index contributed by atoms with van der Waals surface area (Å²) in [6.07, 6.45) is 10.2. The number of ether oxygens (including phenoxy) is 1. The highest BCUT2D eigenvalue weighted by atomic mass is 35.5. The van der Waals surface area contributed by atoms with Gasteiger partial charge in [0.05, 0.1) is 30.7 Å². The number of anilines is 1. The maximum atomic E-state index is 13.3. The van der Waals surface area contributed by atoms with E-state index in [0.29, 0.717) is 34.2 Å². The predicted octanol–water partition coefficient (Wildman–Crippen LogP) is 5.88. The molecule has 7 rings (SSSR count). The maximum Gasteiger partial charge on any atom is 0.411 e. The standard InChI is InChI=1S/C33H31ClN8O3/c1-45-33(44)37-26-12-13-27-23(18-26)5-3-2-4-21-6-8-22(9-7-21)16-28(32-35-19-29(27)39-32)38-31(43)15-10-24-17-25(34)11-14-30(24)42-20-36-40-41-42/h6-15,17-20,28H,2-5,16H2,1H3,(H,35,39)(H,37,44)(H,38,43)/b15-10+/t28-/m0/s1. The number of imidazole rings is 1. The lowest BCUT2D eigenvalue weighted by atomic mass is 9.97. The molecule has 11 nitrogen and oxygen atoms in total. The quantitative estimate of drug-likeness (QED) is 0.208. The number of hydrogen-bond acceptors (Lipinski definition) is 7. The van der Waals surface area contributed by atoms with Crippen molar-refractivity contribution in [2.45, 2.75) is 38.1 Å². The average Bonchev–Trinajstić information content (AvgIpc) is 3.76. The highest BCUT2D eigenvalue weighted by Gasteiger charge is 2.20. The van der Waals surface area contributed by atoms with Crippen LogP contribution in [-0.2, 0) is 28.8 Å². The van der Waals surface area contributed by atoms with Gasteiger partial charge in [-0.2, -0.15) is 4.68 Å². The van der Waals surface area contributed by atoms with E-state index in [1.807, 2.05) is 18.2 Å². The zero-order valence-electron chi connectivity index (χ0n) is 24.5. The molecule has 4 heterocycles. The molecule has 2 aliphatic heterocycles. The number of carbonyl (C=O) groups is 2. The van der Waals surface area contributed by atoms with E-state index in [-0.39, 0.29) is 5.91 Å². The SMILES string of the molecule is COC(=O)Nc1ccc2c(c1)CCCCc1ccc(cc1)C[C@H](NC(=O)/C=C/c1cc(Cl)ccc1-n1cnnn1)c1ncc-2[nH]1. The second-order valence-electron chi connectivity index (χ2n) is 10.8. The molecule has 2 aliphatic rings. The van der Waals surface area contributed by atoms with Crippen LogP contribution in [0.1, 0.15) is 47.0 Å². The molecule has 45 heavy (non-hydrogen) atoms. The Balaban J connectivity index is 1.30. The van der Waals surface area contributed by atoms with Crippen LogP contribution in [0.5, 0.6) is 0 Å². The van der Waals surface area contributed by atoms with Gasteiger partial charge in [0.1, 0.15) is 12.2 Å². The van der Waals surface area contributed by atoms with Crippen molar-refractivity contribution in [3.05, 3.63) is 112 Å². The number of rotatable bonds is 5. The average molecular weight is 623 g/mol. The number of nitrogens with zero attached hydrogens (tertiary/aromatic N) is 5. The van der Waals surface area contributed by atoms with Crippen molar-refractivity contribution in [1.29, 1.82) is 0 Å². The van der Waals surface area contributed by atoms with Crippen LogP contribution in [-0.4, -0.2) is 49.3 Å². The van der Waals surface area contributed by atoms with E-state index in [9.17, 15) is 9.59 Å². The van der Waals surface area contributed by atoms with Gasteiger partial charge in [0.15, 0.2) is 0 Å². The molecule has 4 bridgehead atoms. The van der Waals surface area contributed by atoms with Gasteiger partial charge in [0.25, 0.3) is 0 Å². The van der Waals surface area contributed by atoms with Gasteiger partial charge >= 0.3 is 6.09 Å². The van der Waals surface area contributed by atoms with Crippen LogP contribution in [0.2, 0.25) is 5.02 Å². The Morgan fingerprint density at radius 1 is 1.04 bits per heavy atom. The third-order valence-corrected chi connectivity index (χ3v) is 7.93. The Bertz CT molecular complexity index is 1830. The van der Waals surface area contributed by atoms with Gasteiger partial charge in [-0.15, -0.1) is 5.10 Å². The van der Waals surface area contributed by atoms with E-state index < -0.39 is 12.1 Å². The molecule has 5 aromatic rings. The van der Waals surface area contributed by atoms with Crippen LogP contribution in [0.3, 0.4) is 0 Å². The van der Waals surface area contributed by atoms with E-state index >= 15 is 0 Å². The summed E-state index contributed by atoms with van der Waals surface area (Å²) in [4.78, 5) is 33.4. The van der Waals surface area contributed by atoms with Crippen LogP contribution in [0.4, 0.5) is 10.5 Å². The van der Waals surface area contributed by atoms with Gasteiger partial charge in [0.2, 0.25) is 5.91 Å². The molecule has 0 unspecified atom stereocenters. The summed E-state index contributed by atoms with van der Waals surface area (Å²) in [5.74, 6) is 0.333. The molecule has 3 N–H and O–H groups in total. The number of halogens is 1. The second-order valence-corrected chi connectivity index (χ2v) is 11.2. The lowest BCUT2D eigenvalue weighted by molar-refractivity contribution is -0.117. The number of aryl methyl sites for hydroxylation is 2. The van der Waals surface area contributed by atoms with Crippen LogP contribution < -0.4 is 10.6 Å². The molecule has 0 aliphatic carbocycles. The van der Waals surface area contributed by atoms with Crippen LogP contribution in [0.15, 0.2) is 79.3 Å². The van der Waals surface area contributed by atoms with Gasteiger partial charge in [-0.05, 0) is 95.6 Å². The maximum absolute atomic E-state index is 13.3. The number of benzene rings is 3. The monoisotopic (exact) mass is 622 g/mol. The number of H-pyrrole nitrogens is 1. The number of carbonyl (C=O) groups excluding carboxylic acids is 2.